The number of nitrogens with zero attached hydrogens (tertiary/aromatic N) is 1. The fourth-order valence-electron chi connectivity index (χ4n) is 1.54. The Balaban J connectivity index is 1.92. The second kappa shape index (κ2) is 6.66. The Morgan fingerprint density at radius 2 is 1.74 bits per heavy atom. The van der Waals surface area contributed by atoms with Crippen molar-refractivity contribution in [1.29, 1.82) is 0 Å². The molecule has 19 heavy (non-hydrogen) atoms. The van der Waals surface area contributed by atoms with Crippen molar-refractivity contribution >= 4 is 6.21 Å². The van der Waals surface area contributed by atoms with E-state index in [0.29, 0.717) is 6.61 Å². The molecule has 0 aliphatic heterocycles. The van der Waals surface area contributed by atoms with Crippen molar-refractivity contribution in [3.8, 4) is 5.75 Å². The summed E-state index contributed by atoms with van der Waals surface area (Å²) in [4.78, 5) is 3.73. The second-order valence-corrected chi connectivity index (χ2v) is 3.94. The van der Waals surface area contributed by atoms with E-state index < -0.39 is 0 Å². The third-order valence-corrected chi connectivity index (χ3v) is 2.52. The summed E-state index contributed by atoms with van der Waals surface area (Å²) in [7, 11) is 0. The number of ether oxygens (including phenoxy) is 1. The highest BCUT2D eigenvalue weighted by Crippen LogP contribution is 2.13. The van der Waals surface area contributed by atoms with Crippen LogP contribution in [0.15, 0.2) is 53.5 Å². The standard InChI is InChI=1S/C15H14FNO2/c16-14-5-1-13(2-6-14)10-19-15-7-3-12(4-8-15)9-17-11-18/h1-9,18H,10-11H2. The summed E-state index contributed by atoms with van der Waals surface area (Å²) in [5, 5.41) is 8.56. The predicted molar refractivity (Wildman–Crippen MR) is 71.9 cm³/mol. The molecule has 0 bridgehead atoms. The summed E-state index contributed by atoms with van der Waals surface area (Å²) in [6.45, 7) is 0.174. The summed E-state index contributed by atoms with van der Waals surface area (Å²) in [6, 6.07) is 13.5. The molecular weight excluding hydrogens is 245 g/mol. The van der Waals surface area contributed by atoms with E-state index >= 15 is 0 Å². The van der Waals surface area contributed by atoms with E-state index in [4.69, 9.17) is 9.84 Å². The van der Waals surface area contributed by atoms with E-state index in [0.717, 1.165) is 16.9 Å². The average Bonchev–Trinajstić information content (AvgIpc) is 2.46. The Morgan fingerprint density at radius 1 is 1.05 bits per heavy atom. The van der Waals surface area contributed by atoms with Crippen molar-refractivity contribution in [3.05, 3.63) is 65.5 Å². The van der Waals surface area contributed by atoms with Gasteiger partial charge in [-0.05, 0) is 47.5 Å². The molecule has 0 radical (unpaired) electrons. The number of hydrogen-bond acceptors (Lipinski definition) is 3. The number of aliphatic imine (C=N–C) groups is 1. The third kappa shape index (κ3) is 4.19. The van der Waals surface area contributed by atoms with Gasteiger partial charge in [-0.3, -0.25) is 4.99 Å². The molecule has 0 aliphatic carbocycles. The van der Waals surface area contributed by atoms with Crippen LogP contribution in [0.4, 0.5) is 4.39 Å². The van der Waals surface area contributed by atoms with Gasteiger partial charge in [-0.25, -0.2) is 4.39 Å². The molecule has 0 aromatic heterocycles. The van der Waals surface area contributed by atoms with E-state index in [9.17, 15) is 4.39 Å². The zero-order valence-electron chi connectivity index (χ0n) is 10.3. The molecule has 0 amide bonds. The number of halogens is 1. The van der Waals surface area contributed by atoms with Gasteiger partial charge < -0.3 is 9.84 Å². The van der Waals surface area contributed by atoms with Gasteiger partial charge in [0, 0.05) is 6.21 Å². The topological polar surface area (TPSA) is 41.8 Å². The fourth-order valence-corrected chi connectivity index (χ4v) is 1.54. The molecule has 0 aliphatic rings. The lowest BCUT2D eigenvalue weighted by atomic mass is 10.2. The number of rotatable bonds is 5. The summed E-state index contributed by atoms with van der Waals surface area (Å²) in [5.74, 6) is 0.474. The van der Waals surface area contributed by atoms with Crippen LogP contribution >= 0.6 is 0 Å². The molecular formula is C15H14FNO2. The molecule has 2 rings (SSSR count). The first-order valence-electron chi connectivity index (χ1n) is 5.86. The zero-order chi connectivity index (χ0) is 13.5. The molecule has 0 saturated carbocycles. The summed E-state index contributed by atoms with van der Waals surface area (Å²) < 4.78 is 18.3. The Hall–Kier alpha value is -2.20. The van der Waals surface area contributed by atoms with Gasteiger partial charge >= 0.3 is 0 Å². The number of aliphatic hydroxyl groups excluding tert-OH is 1. The largest absolute Gasteiger partial charge is 0.489 e. The van der Waals surface area contributed by atoms with Gasteiger partial charge in [0.2, 0.25) is 0 Å². The highest BCUT2D eigenvalue weighted by molar-refractivity contribution is 5.79. The van der Waals surface area contributed by atoms with E-state index in [-0.39, 0.29) is 12.5 Å². The van der Waals surface area contributed by atoms with Crippen LogP contribution in [0.3, 0.4) is 0 Å². The van der Waals surface area contributed by atoms with Gasteiger partial charge in [0.15, 0.2) is 0 Å². The normalized spacial score (nSPS) is 10.8. The zero-order valence-corrected chi connectivity index (χ0v) is 10.3. The van der Waals surface area contributed by atoms with Crippen molar-refractivity contribution in [2.24, 2.45) is 4.99 Å². The van der Waals surface area contributed by atoms with Crippen LogP contribution < -0.4 is 4.74 Å². The quantitative estimate of drug-likeness (QED) is 0.839. The van der Waals surface area contributed by atoms with Crippen LogP contribution in [0.25, 0.3) is 0 Å². The molecule has 0 fully saturated rings. The van der Waals surface area contributed by atoms with Gasteiger partial charge in [0.1, 0.15) is 24.9 Å². The summed E-state index contributed by atoms with van der Waals surface area (Å²) >= 11 is 0. The lowest BCUT2D eigenvalue weighted by molar-refractivity contribution is 0.306. The lowest BCUT2D eigenvalue weighted by Gasteiger charge is -2.06. The van der Waals surface area contributed by atoms with Crippen LogP contribution in [0.1, 0.15) is 11.1 Å². The molecule has 0 saturated heterocycles. The minimum Gasteiger partial charge on any atom is -0.489 e. The van der Waals surface area contributed by atoms with Gasteiger partial charge in [0.25, 0.3) is 0 Å². The van der Waals surface area contributed by atoms with Gasteiger partial charge in [-0.1, -0.05) is 12.1 Å². The highest BCUT2D eigenvalue weighted by Gasteiger charge is 1.97. The van der Waals surface area contributed by atoms with Crippen molar-refractivity contribution < 1.29 is 14.2 Å². The van der Waals surface area contributed by atoms with Crippen molar-refractivity contribution in [3.63, 3.8) is 0 Å². The first-order chi connectivity index (χ1) is 9.28. The van der Waals surface area contributed by atoms with Crippen LogP contribution in [0, 0.1) is 5.82 Å². The lowest BCUT2D eigenvalue weighted by Crippen LogP contribution is -1.95. The molecule has 0 unspecified atom stereocenters. The Bertz CT molecular complexity index is 535. The van der Waals surface area contributed by atoms with Gasteiger partial charge in [-0.15, -0.1) is 0 Å². The molecule has 1 N–H and O–H groups in total. The molecule has 2 aromatic rings. The minimum absolute atomic E-state index is 0.219. The van der Waals surface area contributed by atoms with Crippen LogP contribution in [-0.4, -0.2) is 18.1 Å². The molecule has 0 atom stereocenters. The SMILES string of the molecule is OCN=Cc1ccc(OCc2ccc(F)cc2)cc1. The first-order valence-corrected chi connectivity index (χ1v) is 5.86. The van der Waals surface area contributed by atoms with Crippen LogP contribution in [0.2, 0.25) is 0 Å². The Labute approximate surface area is 111 Å². The molecule has 3 nitrogen and oxygen atoms in total. The average molecular weight is 259 g/mol. The summed E-state index contributed by atoms with van der Waals surface area (Å²) in [6.07, 6.45) is 1.59. The second-order valence-electron chi connectivity index (χ2n) is 3.94. The number of hydrogen-bond donors (Lipinski definition) is 1. The molecule has 2 aromatic carbocycles. The first kappa shape index (κ1) is 13.2. The van der Waals surface area contributed by atoms with Crippen molar-refractivity contribution in [2.75, 3.05) is 6.73 Å². The monoisotopic (exact) mass is 259 g/mol. The van der Waals surface area contributed by atoms with Crippen LogP contribution in [0.5, 0.6) is 5.75 Å². The van der Waals surface area contributed by atoms with Crippen molar-refractivity contribution in [1.82, 2.24) is 0 Å². The minimum atomic E-state index is -0.253. The van der Waals surface area contributed by atoms with Crippen LogP contribution in [-0.2, 0) is 6.61 Å². The summed E-state index contributed by atoms with van der Waals surface area (Å²) in [5.41, 5.74) is 1.80. The van der Waals surface area contributed by atoms with Gasteiger partial charge in [-0.2, -0.15) is 0 Å². The number of aliphatic hydroxyl groups is 1. The maximum Gasteiger partial charge on any atom is 0.134 e. The molecule has 0 heterocycles. The highest BCUT2D eigenvalue weighted by atomic mass is 19.1. The van der Waals surface area contributed by atoms with Gasteiger partial charge in [0.05, 0.1) is 0 Å². The third-order valence-electron chi connectivity index (χ3n) is 2.52. The van der Waals surface area contributed by atoms with E-state index in [2.05, 4.69) is 4.99 Å². The molecule has 4 heteroatoms. The maximum absolute atomic E-state index is 12.7. The van der Waals surface area contributed by atoms with E-state index in [1.807, 2.05) is 24.3 Å². The van der Waals surface area contributed by atoms with Crippen molar-refractivity contribution in [2.45, 2.75) is 6.61 Å². The molecule has 98 valence electrons. The maximum atomic E-state index is 12.7. The fraction of sp³-hybridized carbons (Fsp3) is 0.133. The Morgan fingerprint density at radius 3 is 2.37 bits per heavy atom. The molecule has 0 spiro atoms. The van der Waals surface area contributed by atoms with E-state index in [1.54, 1.807) is 18.3 Å². The Kier molecular flexibility index (Phi) is 4.64. The predicted octanol–water partition coefficient (Wildman–Crippen LogP) is 2.77. The van der Waals surface area contributed by atoms with E-state index in [1.165, 1.54) is 12.1 Å². The number of benzene rings is 2. The smallest absolute Gasteiger partial charge is 0.134 e.